The maximum Gasteiger partial charge on any atom is 0.286 e. The first kappa shape index (κ1) is 19.9. The highest BCUT2D eigenvalue weighted by atomic mass is 16.6. The van der Waals surface area contributed by atoms with Gasteiger partial charge in [0.2, 0.25) is 0 Å². The summed E-state index contributed by atoms with van der Waals surface area (Å²) in [5.74, 6) is -0.104. The molecule has 0 radical (unpaired) electrons. The molecule has 0 unspecified atom stereocenters. The van der Waals surface area contributed by atoms with Gasteiger partial charge < -0.3 is 14.8 Å². The van der Waals surface area contributed by atoms with Gasteiger partial charge in [-0.05, 0) is 30.7 Å². The summed E-state index contributed by atoms with van der Waals surface area (Å²) < 4.78 is 12.3. The van der Waals surface area contributed by atoms with E-state index in [2.05, 4.69) is 10.4 Å². The minimum absolute atomic E-state index is 0.0940. The number of carbonyl (C=O) groups is 1. The van der Waals surface area contributed by atoms with Gasteiger partial charge in [-0.2, -0.15) is 5.10 Å². The largest absolute Gasteiger partial charge is 0.493 e. The van der Waals surface area contributed by atoms with Gasteiger partial charge >= 0.3 is 0 Å². The molecule has 0 aliphatic heterocycles. The predicted octanol–water partition coefficient (Wildman–Crippen LogP) is 3.12. The molecule has 150 valence electrons. The Hall–Kier alpha value is -3.88. The van der Waals surface area contributed by atoms with Crippen LogP contribution in [0.25, 0.3) is 5.69 Å². The van der Waals surface area contributed by atoms with Gasteiger partial charge in [-0.25, -0.2) is 4.68 Å². The molecule has 0 saturated heterocycles. The predicted molar refractivity (Wildman–Crippen MR) is 106 cm³/mol. The highest BCUT2D eigenvalue weighted by Gasteiger charge is 2.24. The van der Waals surface area contributed by atoms with Crippen molar-refractivity contribution in [1.29, 1.82) is 0 Å². The fourth-order valence-electron chi connectivity index (χ4n) is 2.78. The summed E-state index contributed by atoms with van der Waals surface area (Å²) >= 11 is 0. The van der Waals surface area contributed by atoms with E-state index in [1.165, 1.54) is 19.2 Å². The van der Waals surface area contributed by atoms with Crippen LogP contribution in [0, 0.1) is 10.1 Å². The second-order valence-electron chi connectivity index (χ2n) is 6.01. The lowest BCUT2D eigenvalue weighted by atomic mass is 10.1. The Bertz CT molecular complexity index is 1000. The fraction of sp³-hybridized carbons (Fsp3) is 0.200. The number of benzene rings is 2. The molecule has 0 aliphatic rings. The van der Waals surface area contributed by atoms with Gasteiger partial charge in [0.15, 0.2) is 11.5 Å². The summed E-state index contributed by atoms with van der Waals surface area (Å²) in [7, 11) is 1.41. The average Bonchev–Trinajstić information content (AvgIpc) is 3.27. The molecule has 0 fully saturated rings. The highest BCUT2D eigenvalue weighted by Crippen LogP contribution is 2.34. The van der Waals surface area contributed by atoms with Gasteiger partial charge in [0, 0.05) is 25.0 Å². The van der Waals surface area contributed by atoms with Gasteiger partial charge in [0.1, 0.15) is 5.56 Å². The molecule has 0 saturated carbocycles. The quantitative estimate of drug-likeness (QED) is 0.463. The monoisotopic (exact) mass is 396 g/mol. The van der Waals surface area contributed by atoms with E-state index in [4.69, 9.17) is 9.47 Å². The normalized spacial score (nSPS) is 10.4. The number of carbonyl (C=O) groups excluding carboxylic acids is 1. The van der Waals surface area contributed by atoms with E-state index < -0.39 is 10.8 Å². The number of hydrogen-bond acceptors (Lipinski definition) is 6. The number of methoxy groups -OCH3 is 1. The van der Waals surface area contributed by atoms with Crippen LogP contribution in [-0.2, 0) is 6.54 Å². The third kappa shape index (κ3) is 4.52. The van der Waals surface area contributed by atoms with Gasteiger partial charge in [-0.15, -0.1) is 0 Å². The molecule has 3 rings (SSSR count). The first-order valence-corrected chi connectivity index (χ1v) is 8.90. The number of nitrogens with zero attached hydrogens (tertiary/aromatic N) is 3. The zero-order chi connectivity index (χ0) is 20.8. The minimum Gasteiger partial charge on any atom is -0.493 e. The van der Waals surface area contributed by atoms with E-state index in [0.717, 1.165) is 11.3 Å². The van der Waals surface area contributed by atoms with Crippen LogP contribution < -0.4 is 14.8 Å². The Balaban J connectivity index is 1.77. The summed E-state index contributed by atoms with van der Waals surface area (Å²) in [5, 5.41) is 18.3. The summed E-state index contributed by atoms with van der Waals surface area (Å²) in [6, 6.07) is 11.8. The molecule has 0 aliphatic carbocycles. The van der Waals surface area contributed by atoms with Crippen LogP contribution in [0.15, 0.2) is 54.9 Å². The standard InChI is InChI=1S/C20H20N4O5/c1-3-29-19-12-17(24(26)27)16(11-18(19)28-2)20(25)21-13-14-5-7-15(8-6-14)23-10-4-9-22-23/h4-12H,3,13H2,1-2H3,(H,21,25). The number of nitro benzene ring substituents is 1. The van der Waals surface area contributed by atoms with Crippen molar-refractivity contribution in [2.75, 3.05) is 13.7 Å². The van der Waals surface area contributed by atoms with Crippen molar-refractivity contribution in [3.63, 3.8) is 0 Å². The van der Waals surface area contributed by atoms with Crippen LogP contribution in [0.1, 0.15) is 22.8 Å². The van der Waals surface area contributed by atoms with Crippen LogP contribution >= 0.6 is 0 Å². The molecule has 1 aromatic heterocycles. The van der Waals surface area contributed by atoms with Crippen molar-refractivity contribution in [3.05, 3.63) is 76.1 Å². The Kier molecular flexibility index (Phi) is 6.08. The molecule has 3 aromatic rings. The lowest BCUT2D eigenvalue weighted by molar-refractivity contribution is -0.385. The zero-order valence-corrected chi connectivity index (χ0v) is 16.0. The number of nitrogens with one attached hydrogen (secondary N) is 1. The summed E-state index contributed by atoms with van der Waals surface area (Å²) in [6.07, 6.45) is 3.52. The van der Waals surface area contributed by atoms with Crippen LogP contribution in [-0.4, -0.2) is 34.3 Å². The zero-order valence-electron chi connectivity index (χ0n) is 16.0. The van der Waals surface area contributed by atoms with Gasteiger partial charge in [0.25, 0.3) is 11.6 Å². The number of aromatic nitrogens is 2. The average molecular weight is 396 g/mol. The van der Waals surface area contributed by atoms with Crippen LogP contribution in [0.4, 0.5) is 5.69 Å². The Morgan fingerprint density at radius 3 is 2.59 bits per heavy atom. The first-order valence-electron chi connectivity index (χ1n) is 8.90. The van der Waals surface area contributed by atoms with Gasteiger partial charge in [0.05, 0.1) is 30.4 Å². The van der Waals surface area contributed by atoms with E-state index in [1.54, 1.807) is 17.8 Å². The summed E-state index contributed by atoms with van der Waals surface area (Å²) in [4.78, 5) is 23.4. The molecular formula is C20H20N4O5. The number of hydrogen-bond donors (Lipinski definition) is 1. The smallest absolute Gasteiger partial charge is 0.286 e. The molecule has 1 N–H and O–H groups in total. The Morgan fingerprint density at radius 2 is 2.00 bits per heavy atom. The van der Waals surface area contributed by atoms with Crippen LogP contribution in [0.2, 0.25) is 0 Å². The number of ether oxygens (including phenoxy) is 2. The van der Waals surface area contributed by atoms with Crippen LogP contribution in [0.3, 0.4) is 0 Å². The maximum atomic E-state index is 12.6. The molecule has 2 aromatic carbocycles. The van der Waals surface area contributed by atoms with E-state index >= 15 is 0 Å². The van der Waals surface area contributed by atoms with Gasteiger partial charge in [-0.3, -0.25) is 14.9 Å². The molecular weight excluding hydrogens is 376 g/mol. The summed E-state index contributed by atoms with van der Waals surface area (Å²) in [6.45, 7) is 2.28. The van der Waals surface area contributed by atoms with Crippen molar-refractivity contribution in [1.82, 2.24) is 15.1 Å². The molecule has 9 nitrogen and oxygen atoms in total. The maximum absolute atomic E-state index is 12.6. The van der Waals surface area contributed by atoms with Crippen molar-refractivity contribution in [2.45, 2.75) is 13.5 Å². The topological polar surface area (TPSA) is 109 Å². The second kappa shape index (κ2) is 8.87. The van der Waals surface area contributed by atoms with E-state index in [1.807, 2.05) is 36.5 Å². The Labute approximate surface area is 167 Å². The lowest BCUT2D eigenvalue weighted by Gasteiger charge is -2.12. The molecule has 0 atom stereocenters. The molecule has 1 heterocycles. The van der Waals surface area contributed by atoms with Crippen molar-refractivity contribution >= 4 is 11.6 Å². The second-order valence-corrected chi connectivity index (χ2v) is 6.01. The van der Waals surface area contributed by atoms with Crippen molar-refractivity contribution < 1.29 is 19.2 Å². The van der Waals surface area contributed by atoms with Crippen molar-refractivity contribution in [3.8, 4) is 17.2 Å². The third-order valence-electron chi connectivity index (χ3n) is 4.18. The SMILES string of the molecule is CCOc1cc([N+](=O)[O-])c(C(=O)NCc2ccc(-n3cccn3)cc2)cc1OC. The van der Waals surface area contributed by atoms with Gasteiger partial charge in [-0.1, -0.05) is 12.1 Å². The first-order chi connectivity index (χ1) is 14.0. The van der Waals surface area contributed by atoms with Crippen molar-refractivity contribution in [2.24, 2.45) is 0 Å². The number of rotatable bonds is 8. The number of amides is 1. The number of nitro groups is 1. The molecule has 0 bridgehead atoms. The molecule has 9 heteroatoms. The highest BCUT2D eigenvalue weighted by molar-refractivity contribution is 5.99. The van der Waals surface area contributed by atoms with E-state index in [-0.39, 0.29) is 29.3 Å². The Morgan fingerprint density at radius 1 is 1.24 bits per heavy atom. The van der Waals surface area contributed by atoms with E-state index in [9.17, 15) is 14.9 Å². The molecule has 0 spiro atoms. The minimum atomic E-state index is -0.615. The summed E-state index contributed by atoms with van der Waals surface area (Å²) in [5.41, 5.74) is 1.29. The third-order valence-corrected chi connectivity index (χ3v) is 4.18. The lowest BCUT2D eigenvalue weighted by Crippen LogP contribution is -2.24. The molecule has 29 heavy (non-hydrogen) atoms. The molecule has 1 amide bonds. The van der Waals surface area contributed by atoms with Crippen LogP contribution in [0.5, 0.6) is 11.5 Å². The van der Waals surface area contributed by atoms with E-state index in [0.29, 0.717) is 6.61 Å². The fourth-order valence-corrected chi connectivity index (χ4v) is 2.78.